The predicted octanol–water partition coefficient (Wildman–Crippen LogP) is 4.53. The van der Waals surface area contributed by atoms with Gasteiger partial charge in [-0.3, -0.25) is 0 Å². The van der Waals surface area contributed by atoms with E-state index in [1.54, 1.807) is 6.08 Å². The molecule has 1 aliphatic carbocycles. The number of allylic oxidation sites excluding steroid dienone is 1. The maximum atomic E-state index is 12.5. The first-order valence-electron chi connectivity index (χ1n) is 10.3. The van der Waals surface area contributed by atoms with Crippen LogP contribution < -0.4 is 0 Å². The first-order chi connectivity index (χ1) is 13.3. The van der Waals surface area contributed by atoms with Gasteiger partial charge in [-0.25, -0.2) is 4.79 Å². The topological polar surface area (TPSA) is 59.1 Å². The Bertz CT molecular complexity index is 736. The van der Waals surface area contributed by atoms with Gasteiger partial charge in [-0.15, -0.1) is 0 Å². The van der Waals surface area contributed by atoms with Crippen molar-refractivity contribution in [3.05, 3.63) is 53.6 Å². The molecule has 1 aromatic rings. The van der Waals surface area contributed by atoms with Crippen molar-refractivity contribution < 1.29 is 19.4 Å². The molecule has 2 aliphatic rings. The number of esters is 1. The van der Waals surface area contributed by atoms with E-state index in [9.17, 15) is 9.90 Å². The van der Waals surface area contributed by atoms with Gasteiger partial charge in [0, 0.05) is 18.4 Å². The first-order valence-corrected chi connectivity index (χ1v) is 10.3. The van der Waals surface area contributed by atoms with Crippen molar-refractivity contribution in [2.75, 3.05) is 0 Å². The number of hydrogen-bond donors (Lipinski definition) is 1. The number of aliphatic hydroxyl groups excluding tert-OH is 1. The van der Waals surface area contributed by atoms with Crippen LogP contribution in [-0.4, -0.2) is 35.0 Å². The quantitative estimate of drug-likeness (QED) is 0.359. The molecule has 1 N–H and O–H groups in total. The van der Waals surface area contributed by atoms with Gasteiger partial charge in [-0.05, 0) is 44.2 Å². The minimum Gasteiger partial charge on any atom is -0.458 e. The van der Waals surface area contributed by atoms with E-state index in [4.69, 9.17) is 9.47 Å². The van der Waals surface area contributed by atoms with Gasteiger partial charge < -0.3 is 14.6 Å². The molecular weight excluding hydrogens is 352 g/mol. The highest BCUT2D eigenvalue weighted by Crippen LogP contribution is 2.47. The molecule has 0 saturated carbocycles. The van der Waals surface area contributed by atoms with Gasteiger partial charge in [0.25, 0.3) is 0 Å². The Morgan fingerprint density at radius 2 is 2.04 bits per heavy atom. The van der Waals surface area contributed by atoms with Crippen molar-refractivity contribution in [3.8, 4) is 0 Å². The fourth-order valence-corrected chi connectivity index (χ4v) is 4.31. The second kappa shape index (κ2) is 8.62. The van der Waals surface area contributed by atoms with E-state index in [0.29, 0.717) is 6.42 Å². The lowest BCUT2D eigenvalue weighted by Crippen LogP contribution is -2.43. The molecule has 1 fully saturated rings. The Hall–Kier alpha value is -1.91. The Labute approximate surface area is 168 Å². The van der Waals surface area contributed by atoms with E-state index in [1.165, 1.54) is 11.6 Å². The molecule has 4 nitrogen and oxygen atoms in total. The van der Waals surface area contributed by atoms with Crippen molar-refractivity contribution in [3.63, 3.8) is 0 Å². The summed E-state index contributed by atoms with van der Waals surface area (Å²) in [4.78, 5) is 12.5. The van der Waals surface area contributed by atoms with E-state index >= 15 is 0 Å². The van der Waals surface area contributed by atoms with Gasteiger partial charge in [-0.1, -0.05) is 55.8 Å². The summed E-state index contributed by atoms with van der Waals surface area (Å²) in [6.45, 7) is 8.27. The lowest BCUT2D eigenvalue weighted by Gasteiger charge is -2.34. The molecule has 0 spiro atoms. The third-order valence-electron chi connectivity index (χ3n) is 5.98. The number of rotatable bonds is 4. The van der Waals surface area contributed by atoms with Crippen LogP contribution in [0, 0.1) is 11.8 Å². The summed E-state index contributed by atoms with van der Waals surface area (Å²) < 4.78 is 11.8. The summed E-state index contributed by atoms with van der Waals surface area (Å²) in [6.07, 6.45) is 6.66. The van der Waals surface area contributed by atoms with Gasteiger partial charge in [-0.2, -0.15) is 0 Å². The third-order valence-corrected chi connectivity index (χ3v) is 5.98. The van der Waals surface area contributed by atoms with Crippen LogP contribution in [0.5, 0.6) is 0 Å². The standard InChI is InChI=1S/C24H32O4/c1-16(2)21-19(27-20(25)13-12-18-10-6-5-7-11-18)15-17(3)9-8-14-24(4)23(28-24)22(21)26/h5-7,9-13,16,19,21-23,26H,8,14-15H2,1-4H3/b13-12?,17-9+/t19-,21?,22-,23+,24+/m1/s1. The Kier molecular flexibility index (Phi) is 6.41. The fraction of sp³-hybridized carbons (Fsp3) is 0.542. The van der Waals surface area contributed by atoms with Crippen molar-refractivity contribution in [1.29, 1.82) is 0 Å². The molecule has 0 radical (unpaired) electrons. The van der Waals surface area contributed by atoms with E-state index < -0.39 is 6.10 Å². The summed E-state index contributed by atoms with van der Waals surface area (Å²) in [5.74, 6) is -0.398. The van der Waals surface area contributed by atoms with Gasteiger partial charge >= 0.3 is 5.97 Å². The number of carbonyl (C=O) groups excluding carboxylic acids is 1. The van der Waals surface area contributed by atoms with Crippen molar-refractivity contribution in [2.45, 2.75) is 70.9 Å². The summed E-state index contributed by atoms with van der Waals surface area (Å²) in [7, 11) is 0. The number of aliphatic hydroxyl groups is 1. The molecule has 152 valence electrons. The highest BCUT2D eigenvalue weighted by atomic mass is 16.6. The number of ether oxygens (including phenoxy) is 2. The molecule has 1 heterocycles. The van der Waals surface area contributed by atoms with Crippen LogP contribution in [0.1, 0.15) is 52.5 Å². The average molecular weight is 385 g/mol. The molecular formula is C24H32O4. The van der Waals surface area contributed by atoms with Crippen LogP contribution in [0.25, 0.3) is 6.08 Å². The van der Waals surface area contributed by atoms with E-state index in [2.05, 4.69) is 33.8 Å². The van der Waals surface area contributed by atoms with Crippen LogP contribution in [0.3, 0.4) is 0 Å². The number of benzene rings is 1. The lowest BCUT2D eigenvalue weighted by molar-refractivity contribution is -0.150. The molecule has 1 unspecified atom stereocenters. The summed E-state index contributed by atoms with van der Waals surface area (Å²) in [5.41, 5.74) is 1.86. The van der Waals surface area contributed by atoms with Crippen LogP contribution in [0.2, 0.25) is 0 Å². The molecule has 0 bridgehead atoms. The van der Waals surface area contributed by atoms with E-state index in [1.807, 2.05) is 30.3 Å². The lowest BCUT2D eigenvalue weighted by atomic mass is 9.78. The van der Waals surface area contributed by atoms with Gasteiger partial charge in [0.15, 0.2) is 0 Å². The molecule has 0 aromatic heterocycles. The zero-order valence-electron chi connectivity index (χ0n) is 17.3. The maximum Gasteiger partial charge on any atom is 0.331 e. The van der Waals surface area contributed by atoms with Gasteiger partial charge in [0.2, 0.25) is 0 Å². The van der Waals surface area contributed by atoms with Crippen molar-refractivity contribution in [1.82, 2.24) is 0 Å². The molecule has 3 rings (SSSR count). The predicted molar refractivity (Wildman–Crippen MR) is 111 cm³/mol. The molecule has 28 heavy (non-hydrogen) atoms. The number of carbonyl (C=O) groups is 1. The van der Waals surface area contributed by atoms with Gasteiger partial charge in [0.05, 0.1) is 11.7 Å². The van der Waals surface area contributed by atoms with E-state index in [0.717, 1.165) is 18.4 Å². The van der Waals surface area contributed by atoms with E-state index in [-0.39, 0.29) is 35.6 Å². The summed E-state index contributed by atoms with van der Waals surface area (Å²) in [6, 6.07) is 9.67. The number of hydrogen-bond acceptors (Lipinski definition) is 4. The minimum atomic E-state index is -0.646. The maximum absolute atomic E-state index is 12.5. The van der Waals surface area contributed by atoms with Crippen LogP contribution >= 0.6 is 0 Å². The summed E-state index contributed by atoms with van der Waals surface area (Å²) in [5, 5.41) is 11.1. The van der Waals surface area contributed by atoms with Crippen molar-refractivity contribution >= 4 is 12.0 Å². The zero-order valence-corrected chi connectivity index (χ0v) is 17.3. The van der Waals surface area contributed by atoms with Crippen LogP contribution in [0.15, 0.2) is 48.1 Å². The summed E-state index contributed by atoms with van der Waals surface area (Å²) >= 11 is 0. The normalized spacial score (nSPS) is 35.1. The molecule has 0 amide bonds. The number of epoxide rings is 1. The van der Waals surface area contributed by atoms with Crippen LogP contribution in [0.4, 0.5) is 0 Å². The van der Waals surface area contributed by atoms with Gasteiger partial charge in [0.1, 0.15) is 12.2 Å². The Morgan fingerprint density at radius 3 is 2.71 bits per heavy atom. The Morgan fingerprint density at radius 1 is 1.32 bits per heavy atom. The average Bonchev–Trinajstić information content (AvgIpc) is 3.31. The largest absolute Gasteiger partial charge is 0.458 e. The molecule has 1 aliphatic heterocycles. The first kappa shape index (κ1) is 20.8. The zero-order chi connectivity index (χ0) is 20.3. The SMILES string of the molecule is C/C1=C\CC[C@]2(C)O[C@H]2[C@H](O)C(C(C)C)[C@H](OC(=O)C=Cc2ccccc2)C1. The highest BCUT2D eigenvalue weighted by molar-refractivity contribution is 5.87. The fourth-order valence-electron chi connectivity index (χ4n) is 4.31. The second-order valence-corrected chi connectivity index (χ2v) is 8.68. The third kappa shape index (κ3) is 4.92. The second-order valence-electron chi connectivity index (χ2n) is 8.68. The number of fused-ring (bicyclic) bond motifs is 1. The van der Waals surface area contributed by atoms with Crippen LogP contribution in [-0.2, 0) is 14.3 Å². The smallest absolute Gasteiger partial charge is 0.331 e. The van der Waals surface area contributed by atoms with Crippen molar-refractivity contribution in [2.24, 2.45) is 11.8 Å². The molecule has 1 saturated heterocycles. The Balaban J connectivity index is 1.79. The molecule has 1 aromatic carbocycles. The minimum absolute atomic E-state index is 0.159. The molecule has 5 atom stereocenters. The highest BCUT2D eigenvalue weighted by Gasteiger charge is 2.58. The molecule has 4 heteroatoms. The monoisotopic (exact) mass is 384 g/mol.